The highest BCUT2D eigenvalue weighted by molar-refractivity contribution is 9.11. The van der Waals surface area contributed by atoms with E-state index in [1.54, 1.807) is 0 Å². The molecule has 0 spiro atoms. The molecule has 108 valence electrons. The molecule has 21 heavy (non-hydrogen) atoms. The molecule has 0 bridgehead atoms. The second-order valence-corrected chi connectivity index (χ2v) is 6.63. The Balaban J connectivity index is 1.93. The Labute approximate surface area is 139 Å². The van der Waals surface area contributed by atoms with Gasteiger partial charge in [-0.1, -0.05) is 40.2 Å². The fourth-order valence-electron chi connectivity index (χ4n) is 2.36. The molecule has 1 heterocycles. The Kier molecular flexibility index (Phi) is 4.45. The number of halogens is 2. The molecule has 3 N–H and O–H groups in total. The van der Waals surface area contributed by atoms with Crippen LogP contribution in [0.1, 0.15) is 17.4 Å². The maximum Gasteiger partial charge on any atom is 0.148 e. The molecule has 0 amide bonds. The average Bonchev–Trinajstić information content (AvgIpc) is 2.90. The monoisotopic (exact) mass is 408 g/mol. The van der Waals surface area contributed by atoms with Crippen LogP contribution in [0.5, 0.6) is 0 Å². The summed E-state index contributed by atoms with van der Waals surface area (Å²) in [5.41, 5.74) is 4.88. The molecule has 3 aromatic rings. The number of hydrazine groups is 1. The van der Waals surface area contributed by atoms with Gasteiger partial charge in [-0.15, -0.1) is 0 Å². The lowest BCUT2D eigenvalue weighted by Crippen LogP contribution is -2.29. The molecule has 3 nitrogen and oxygen atoms in total. The highest BCUT2D eigenvalue weighted by Gasteiger charge is 2.16. The van der Waals surface area contributed by atoms with Crippen LogP contribution in [-0.2, 0) is 6.42 Å². The summed E-state index contributed by atoms with van der Waals surface area (Å²) in [4.78, 5) is 0. The van der Waals surface area contributed by atoms with E-state index in [9.17, 15) is 0 Å². The highest BCUT2D eigenvalue weighted by Crippen LogP contribution is 2.30. The molecule has 0 aliphatic carbocycles. The van der Waals surface area contributed by atoms with Crippen LogP contribution in [0.2, 0.25) is 0 Å². The molecule has 0 radical (unpaired) electrons. The number of hydrogen-bond acceptors (Lipinski definition) is 3. The Morgan fingerprint density at radius 1 is 1.10 bits per heavy atom. The first-order chi connectivity index (χ1) is 10.2. The van der Waals surface area contributed by atoms with Gasteiger partial charge in [-0.25, -0.2) is 5.43 Å². The molecule has 1 atom stereocenters. The van der Waals surface area contributed by atoms with Crippen molar-refractivity contribution in [3.63, 3.8) is 0 Å². The van der Waals surface area contributed by atoms with Crippen LogP contribution in [0.15, 0.2) is 61.9 Å². The van der Waals surface area contributed by atoms with Crippen LogP contribution in [-0.4, -0.2) is 0 Å². The van der Waals surface area contributed by atoms with Gasteiger partial charge < -0.3 is 4.42 Å². The second-order valence-electron chi connectivity index (χ2n) is 4.86. The van der Waals surface area contributed by atoms with Crippen molar-refractivity contribution in [2.24, 2.45) is 5.84 Å². The van der Waals surface area contributed by atoms with Crippen molar-refractivity contribution >= 4 is 42.8 Å². The molecule has 3 rings (SSSR count). The summed E-state index contributed by atoms with van der Waals surface area (Å²) in [7, 11) is 0. The zero-order valence-electron chi connectivity index (χ0n) is 11.1. The van der Waals surface area contributed by atoms with Crippen molar-refractivity contribution in [2.75, 3.05) is 0 Å². The van der Waals surface area contributed by atoms with Gasteiger partial charge in [-0.3, -0.25) is 5.84 Å². The first kappa shape index (κ1) is 14.8. The Morgan fingerprint density at radius 2 is 1.90 bits per heavy atom. The zero-order valence-corrected chi connectivity index (χ0v) is 14.3. The van der Waals surface area contributed by atoms with E-state index in [1.807, 2.05) is 36.4 Å². The van der Waals surface area contributed by atoms with E-state index in [0.717, 1.165) is 32.1 Å². The SMILES string of the molecule is NNC(Cc1cccc(Br)c1)c1cc2cccc(Br)c2o1. The van der Waals surface area contributed by atoms with Crippen molar-refractivity contribution in [3.05, 3.63) is 68.8 Å². The van der Waals surface area contributed by atoms with Crippen LogP contribution in [0.4, 0.5) is 0 Å². The minimum atomic E-state index is -0.0707. The first-order valence-corrected chi connectivity index (χ1v) is 8.14. The maximum atomic E-state index is 5.95. The van der Waals surface area contributed by atoms with E-state index in [2.05, 4.69) is 49.4 Å². The summed E-state index contributed by atoms with van der Waals surface area (Å²) < 4.78 is 7.96. The fourth-order valence-corrected chi connectivity index (χ4v) is 3.27. The number of benzene rings is 2. The number of hydrogen-bond donors (Lipinski definition) is 2. The quantitative estimate of drug-likeness (QED) is 0.484. The van der Waals surface area contributed by atoms with E-state index in [0.29, 0.717) is 0 Å². The molecule has 5 heteroatoms. The van der Waals surface area contributed by atoms with Gasteiger partial charge in [-0.05, 0) is 52.2 Å². The van der Waals surface area contributed by atoms with Crippen LogP contribution in [0.25, 0.3) is 11.0 Å². The van der Waals surface area contributed by atoms with E-state index in [1.165, 1.54) is 5.56 Å². The predicted molar refractivity (Wildman–Crippen MR) is 91.8 cm³/mol. The molecular formula is C16H14Br2N2O. The van der Waals surface area contributed by atoms with Gasteiger partial charge in [0, 0.05) is 9.86 Å². The largest absolute Gasteiger partial charge is 0.458 e. The lowest BCUT2D eigenvalue weighted by molar-refractivity contribution is 0.434. The van der Waals surface area contributed by atoms with Gasteiger partial charge in [0.15, 0.2) is 0 Å². The molecule has 0 saturated heterocycles. The first-order valence-electron chi connectivity index (χ1n) is 6.56. The topological polar surface area (TPSA) is 51.2 Å². The van der Waals surface area contributed by atoms with Gasteiger partial charge in [-0.2, -0.15) is 0 Å². The van der Waals surface area contributed by atoms with Crippen molar-refractivity contribution < 1.29 is 4.42 Å². The third kappa shape index (κ3) is 3.21. The molecule has 0 saturated carbocycles. The van der Waals surface area contributed by atoms with Crippen LogP contribution >= 0.6 is 31.9 Å². The molecule has 1 unspecified atom stereocenters. The Bertz CT molecular complexity index is 770. The van der Waals surface area contributed by atoms with Gasteiger partial charge in [0.25, 0.3) is 0 Å². The van der Waals surface area contributed by atoms with Gasteiger partial charge in [0.2, 0.25) is 0 Å². The van der Waals surface area contributed by atoms with Crippen molar-refractivity contribution in [2.45, 2.75) is 12.5 Å². The van der Waals surface area contributed by atoms with E-state index in [-0.39, 0.29) is 6.04 Å². The average molecular weight is 410 g/mol. The molecule has 0 fully saturated rings. The molecular weight excluding hydrogens is 396 g/mol. The number of nitrogens with one attached hydrogen (secondary N) is 1. The maximum absolute atomic E-state index is 5.95. The zero-order chi connectivity index (χ0) is 14.8. The smallest absolute Gasteiger partial charge is 0.148 e. The van der Waals surface area contributed by atoms with E-state index in [4.69, 9.17) is 10.3 Å². The summed E-state index contributed by atoms with van der Waals surface area (Å²) in [5, 5.41) is 1.06. The summed E-state index contributed by atoms with van der Waals surface area (Å²) >= 11 is 6.99. The summed E-state index contributed by atoms with van der Waals surface area (Å²) in [5.74, 6) is 6.55. The summed E-state index contributed by atoms with van der Waals surface area (Å²) in [6.07, 6.45) is 0.757. The molecule has 1 aromatic heterocycles. The van der Waals surface area contributed by atoms with Crippen molar-refractivity contribution in [1.29, 1.82) is 0 Å². The third-order valence-electron chi connectivity index (χ3n) is 3.39. The third-order valence-corrected chi connectivity index (χ3v) is 4.51. The summed E-state index contributed by atoms with van der Waals surface area (Å²) in [6, 6.07) is 16.1. The normalized spacial score (nSPS) is 12.7. The fraction of sp³-hybridized carbons (Fsp3) is 0.125. The molecule has 0 aliphatic heterocycles. The van der Waals surface area contributed by atoms with E-state index >= 15 is 0 Å². The van der Waals surface area contributed by atoms with Gasteiger partial charge in [0.1, 0.15) is 11.3 Å². The van der Waals surface area contributed by atoms with Crippen LogP contribution in [0.3, 0.4) is 0 Å². The lowest BCUT2D eigenvalue weighted by Gasteiger charge is -2.13. The Morgan fingerprint density at radius 3 is 2.62 bits per heavy atom. The van der Waals surface area contributed by atoms with Crippen molar-refractivity contribution in [1.82, 2.24) is 5.43 Å². The number of furan rings is 1. The second kappa shape index (κ2) is 6.32. The van der Waals surface area contributed by atoms with E-state index < -0.39 is 0 Å². The minimum Gasteiger partial charge on any atom is -0.458 e. The minimum absolute atomic E-state index is 0.0707. The highest BCUT2D eigenvalue weighted by atomic mass is 79.9. The standard InChI is InChI=1S/C16H14Br2N2O/c17-12-5-1-3-10(7-12)8-14(20-19)15-9-11-4-2-6-13(18)16(11)21-15/h1-7,9,14,20H,8,19H2. The molecule has 0 aliphatic rings. The Hall–Kier alpha value is -1.14. The predicted octanol–water partition coefficient (Wildman–Crippen LogP) is 4.70. The van der Waals surface area contributed by atoms with Gasteiger partial charge in [0.05, 0.1) is 10.5 Å². The number of nitrogens with two attached hydrogens (primary N) is 1. The summed E-state index contributed by atoms with van der Waals surface area (Å²) in [6.45, 7) is 0. The van der Waals surface area contributed by atoms with Crippen LogP contribution < -0.4 is 11.3 Å². The van der Waals surface area contributed by atoms with Crippen molar-refractivity contribution in [3.8, 4) is 0 Å². The van der Waals surface area contributed by atoms with Gasteiger partial charge >= 0.3 is 0 Å². The number of para-hydroxylation sites is 1. The number of fused-ring (bicyclic) bond motifs is 1. The van der Waals surface area contributed by atoms with Crippen LogP contribution in [0, 0.1) is 0 Å². The molecule has 2 aromatic carbocycles. The number of rotatable bonds is 4. The lowest BCUT2D eigenvalue weighted by atomic mass is 10.0.